The van der Waals surface area contributed by atoms with Crippen molar-refractivity contribution in [3.63, 3.8) is 0 Å². The van der Waals surface area contributed by atoms with E-state index in [-0.39, 0.29) is 93.0 Å². The van der Waals surface area contributed by atoms with E-state index >= 15 is 0 Å². The number of phosphoric acid groups is 1. The van der Waals surface area contributed by atoms with E-state index in [9.17, 15) is 23.5 Å². The minimum Gasteiger partial charge on any atom is -0.790 e. The summed E-state index contributed by atoms with van der Waals surface area (Å²) in [5.74, 6) is -3.29. The van der Waals surface area contributed by atoms with Gasteiger partial charge in [-0.1, -0.05) is 0 Å². The first-order valence-corrected chi connectivity index (χ1v) is 12.6. The Labute approximate surface area is 288 Å². The molecular formula is C23H24FN6Na2O9P. The molecule has 3 heterocycles. The fraction of sp³-hybridized carbons (Fsp3) is 0.304. The van der Waals surface area contributed by atoms with Gasteiger partial charge in [0.25, 0.3) is 5.91 Å². The normalized spacial score (nSPS) is 14.9. The van der Waals surface area contributed by atoms with Crippen molar-refractivity contribution in [2.75, 3.05) is 43.5 Å². The average Bonchev–Trinajstić information content (AvgIpc) is 2.90. The summed E-state index contributed by atoms with van der Waals surface area (Å²) in [5.41, 5.74) is -1.40. The number of carbonyl (C=O) groups excluding carboxylic acids is 1. The van der Waals surface area contributed by atoms with Crippen molar-refractivity contribution in [2.45, 2.75) is 19.4 Å². The van der Waals surface area contributed by atoms with E-state index in [1.165, 1.54) is 59.4 Å². The molecular weight excluding hydrogens is 600 g/mol. The Kier molecular flexibility index (Phi) is 10.8. The van der Waals surface area contributed by atoms with Crippen LogP contribution in [0, 0.1) is 5.82 Å². The van der Waals surface area contributed by atoms with Gasteiger partial charge in [-0.15, -0.1) is 0 Å². The van der Waals surface area contributed by atoms with Gasteiger partial charge in [0, 0.05) is 17.8 Å². The van der Waals surface area contributed by atoms with Gasteiger partial charge < -0.3 is 48.5 Å². The first-order chi connectivity index (χ1) is 20.0. The number of methoxy groups -OCH3 is 3. The summed E-state index contributed by atoms with van der Waals surface area (Å²) in [6.07, 6.45) is -0.821. The molecule has 3 aromatic rings. The summed E-state index contributed by atoms with van der Waals surface area (Å²) in [4.78, 5) is 47.5. The number of rotatable bonds is 10. The van der Waals surface area contributed by atoms with E-state index in [1.807, 2.05) is 0 Å². The van der Waals surface area contributed by atoms with Crippen LogP contribution in [0.15, 0.2) is 30.4 Å². The van der Waals surface area contributed by atoms with Gasteiger partial charge in [-0.3, -0.25) is 9.69 Å². The summed E-state index contributed by atoms with van der Waals surface area (Å²) >= 11 is 0. The molecule has 214 valence electrons. The molecule has 15 nitrogen and oxygen atoms in total. The molecule has 2 aromatic heterocycles. The van der Waals surface area contributed by atoms with Crippen molar-refractivity contribution in [3.8, 4) is 23.0 Å². The smallest absolute Gasteiger partial charge is 0.790 e. The van der Waals surface area contributed by atoms with Gasteiger partial charge in [-0.05, 0) is 26.0 Å². The molecule has 42 heavy (non-hydrogen) atoms. The van der Waals surface area contributed by atoms with Crippen LogP contribution in [0.25, 0.3) is 0 Å². The fourth-order valence-corrected chi connectivity index (χ4v) is 3.66. The van der Waals surface area contributed by atoms with Gasteiger partial charge in [0.1, 0.15) is 12.5 Å². The van der Waals surface area contributed by atoms with E-state index in [1.54, 1.807) is 0 Å². The predicted molar refractivity (Wildman–Crippen MR) is 135 cm³/mol. The number of ether oxygens (including phenoxy) is 4. The molecule has 0 aliphatic carbocycles. The monoisotopic (exact) mass is 627 g/mol. The van der Waals surface area contributed by atoms with Crippen LogP contribution in [0.1, 0.15) is 18.0 Å². The van der Waals surface area contributed by atoms with Gasteiger partial charge in [0.05, 0.1) is 39.4 Å². The van der Waals surface area contributed by atoms with Crippen molar-refractivity contribution in [2.24, 2.45) is 0 Å². The van der Waals surface area contributed by atoms with Crippen LogP contribution in [-0.2, 0) is 13.9 Å². The van der Waals surface area contributed by atoms with Crippen LogP contribution < -0.4 is 103 Å². The standard InChI is InChI=1S/C23H26FN6O9P.2Na/c1-23(2)21(31)30(11-38-40(32,33)34)20-14(39-23)6-7-17(28-20)27-19-13(24)10-25-22(29-19)26-12-8-15(35-3)18(37-5)16(9-12)36-4;;/h6-10H,11H2,1-5H3,(H2,32,33,34)(H2,25,26,27,28,29);;/q;2*+1/p-2/i10D,11D2;;. The maximum Gasteiger partial charge on any atom is 1.00 e. The number of fused-ring (bicyclic) bond motifs is 1. The fourth-order valence-electron chi connectivity index (χ4n) is 3.48. The topological polar surface area (TPSA) is 192 Å². The number of aromatic nitrogens is 3. The number of nitrogens with zero attached hydrogens (tertiary/aromatic N) is 4. The summed E-state index contributed by atoms with van der Waals surface area (Å²) < 4.78 is 75.6. The van der Waals surface area contributed by atoms with Crippen molar-refractivity contribution < 1.29 is 110 Å². The Bertz CT molecular complexity index is 1610. The number of phosphoric ester groups is 1. The third-order valence-corrected chi connectivity index (χ3v) is 5.54. The number of amides is 1. The van der Waals surface area contributed by atoms with Crippen LogP contribution in [0.3, 0.4) is 0 Å². The van der Waals surface area contributed by atoms with Crippen LogP contribution >= 0.6 is 7.82 Å². The molecule has 0 spiro atoms. The third-order valence-electron chi connectivity index (χ3n) is 5.23. The molecule has 1 amide bonds. The Morgan fingerprint density at radius 3 is 2.33 bits per heavy atom. The van der Waals surface area contributed by atoms with Crippen LogP contribution in [-0.4, -0.2) is 54.5 Å². The number of hydrogen-bond donors (Lipinski definition) is 2. The van der Waals surface area contributed by atoms with Gasteiger partial charge in [-0.2, -0.15) is 4.98 Å². The Balaban J connectivity index is 0.00000353. The van der Waals surface area contributed by atoms with E-state index in [4.69, 9.17) is 23.1 Å². The maximum atomic E-state index is 14.9. The Morgan fingerprint density at radius 2 is 1.76 bits per heavy atom. The van der Waals surface area contributed by atoms with Crippen molar-refractivity contribution >= 4 is 42.8 Å². The van der Waals surface area contributed by atoms with Crippen molar-refractivity contribution in [3.05, 3.63) is 36.3 Å². The number of pyridine rings is 1. The first kappa shape index (κ1) is 31.2. The van der Waals surface area contributed by atoms with Gasteiger partial charge in [0.15, 0.2) is 40.3 Å². The minimum atomic E-state index is -5.93. The zero-order valence-corrected chi connectivity index (χ0v) is 28.5. The minimum absolute atomic E-state index is 0. The average molecular weight is 627 g/mol. The molecule has 19 heteroatoms. The number of carbonyl (C=O) groups is 1. The van der Waals surface area contributed by atoms with Crippen molar-refractivity contribution in [1.29, 1.82) is 0 Å². The molecule has 4 rings (SSSR count). The first-order valence-electron chi connectivity index (χ1n) is 12.7. The molecule has 0 radical (unpaired) electrons. The second-order valence-electron chi connectivity index (χ2n) is 8.39. The molecule has 0 atom stereocenters. The maximum absolute atomic E-state index is 14.9. The SMILES string of the molecule is [2H]c1nc(Nc2cc(OC)c(OC)c(OC)c2)nc(Nc2ccc3c(n2)N(C([2H])([2H])OP(=O)([O-])[O-])C(=O)C(C)(C)O3)c1F.[Na+].[Na+]. The Hall–Kier alpha value is -2.24. The zero-order chi connectivity index (χ0) is 31.9. The Morgan fingerprint density at radius 1 is 1.12 bits per heavy atom. The van der Waals surface area contributed by atoms with Crippen LogP contribution in [0.5, 0.6) is 23.0 Å². The van der Waals surface area contributed by atoms with Gasteiger partial charge in [-0.25, -0.2) is 14.4 Å². The molecule has 0 unspecified atom stereocenters. The molecule has 0 saturated heterocycles. The van der Waals surface area contributed by atoms with Crippen LogP contribution in [0.4, 0.5) is 33.5 Å². The number of hydrogen-bond acceptors (Lipinski definition) is 14. The summed E-state index contributed by atoms with van der Waals surface area (Å²) in [5, 5.41) is 5.31. The predicted octanol–water partition coefficient (Wildman–Crippen LogP) is -4.16. The number of benzene rings is 1. The van der Waals surface area contributed by atoms with Crippen molar-refractivity contribution in [1.82, 2.24) is 15.0 Å². The van der Waals surface area contributed by atoms with E-state index in [0.717, 1.165) is 0 Å². The zero-order valence-electron chi connectivity index (χ0n) is 26.6. The quantitative estimate of drug-likeness (QED) is 0.163. The molecule has 2 N–H and O–H groups in total. The number of nitrogens with one attached hydrogen (secondary N) is 2. The van der Waals surface area contributed by atoms with E-state index < -0.39 is 49.6 Å². The molecule has 0 bridgehead atoms. The summed E-state index contributed by atoms with van der Waals surface area (Å²) in [6, 6.07) is 5.51. The van der Waals surface area contributed by atoms with Gasteiger partial charge >= 0.3 is 59.1 Å². The molecule has 0 saturated carbocycles. The molecule has 0 fully saturated rings. The second-order valence-corrected chi connectivity index (χ2v) is 9.46. The van der Waals surface area contributed by atoms with E-state index in [0.29, 0.717) is 11.4 Å². The summed E-state index contributed by atoms with van der Waals surface area (Å²) in [7, 11) is -1.70. The third kappa shape index (κ3) is 8.23. The number of halogens is 1. The van der Waals surface area contributed by atoms with Gasteiger partial charge in [0.2, 0.25) is 11.7 Å². The second kappa shape index (κ2) is 14.5. The summed E-state index contributed by atoms with van der Waals surface area (Å²) in [6.45, 7) is -0.963. The molecule has 1 aliphatic rings. The van der Waals surface area contributed by atoms with Crippen LogP contribution in [0.2, 0.25) is 0 Å². The molecule has 1 aromatic carbocycles. The molecule has 1 aliphatic heterocycles. The van der Waals surface area contributed by atoms with E-state index in [2.05, 4.69) is 30.1 Å². The number of anilines is 5. The largest absolute Gasteiger partial charge is 1.00 e.